The molecule has 26 heavy (non-hydrogen) atoms. The van der Waals surface area contributed by atoms with Crippen molar-refractivity contribution in [3.05, 3.63) is 81.0 Å². The Hall–Kier alpha value is -2.97. The van der Waals surface area contributed by atoms with Crippen molar-refractivity contribution < 1.29 is 0 Å². The lowest BCUT2D eigenvalue weighted by atomic mass is 9.70. The smallest absolute Gasteiger partial charge is 0.191 e. The fraction of sp³-hybridized carbons (Fsp3) is 0.150. The van der Waals surface area contributed by atoms with Crippen molar-refractivity contribution >= 4 is 23.2 Å². The zero-order chi connectivity index (χ0) is 18.9. The molecule has 0 fully saturated rings. The predicted molar refractivity (Wildman–Crippen MR) is 98.9 cm³/mol. The van der Waals surface area contributed by atoms with Gasteiger partial charge >= 0.3 is 0 Å². The van der Waals surface area contributed by atoms with Gasteiger partial charge in [0.2, 0.25) is 0 Å². The van der Waals surface area contributed by atoms with Gasteiger partial charge in [0.15, 0.2) is 5.41 Å². The molecule has 1 aliphatic carbocycles. The Kier molecular flexibility index (Phi) is 4.62. The minimum absolute atomic E-state index is 0.00454. The number of nitrogens with two attached hydrogens (primary N) is 1. The number of benzene rings is 2. The van der Waals surface area contributed by atoms with Crippen LogP contribution in [-0.2, 0) is 0 Å². The van der Waals surface area contributed by atoms with Crippen LogP contribution in [0.2, 0.25) is 10.0 Å². The van der Waals surface area contributed by atoms with Crippen molar-refractivity contribution in [3.8, 4) is 18.2 Å². The molecule has 6 heteroatoms. The molecule has 4 nitrogen and oxygen atoms in total. The van der Waals surface area contributed by atoms with Gasteiger partial charge in [-0.2, -0.15) is 15.8 Å². The Labute approximate surface area is 161 Å². The van der Waals surface area contributed by atoms with E-state index in [1.54, 1.807) is 48.5 Å². The molecule has 0 spiro atoms. The topological polar surface area (TPSA) is 97.4 Å². The standard InChI is InChI=1S/C20H12Cl2N4/c21-14-5-1-12(2-6-14)17-16(9-23)19(26)20(10-24,11-25)18(17)13-3-7-15(22)8-4-13/h1-8,17-18H,26H2/t17-,18-/m1/s1. The molecule has 2 aromatic rings. The molecule has 1 aliphatic rings. The van der Waals surface area contributed by atoms with E-state index in [9.17, 15) is 15.8 Å². The largest absolute Gasteiger partial charge is 0.399 e. The van der Waals surface area contributed by atoms with Gasteiger partial charge in [-0.05, 0) is 35.4 Å². The number of hydrogen-bond acceptors (Lipinski definition) is 4. The number of rotatable bonds is 2. The van der Waals surface area contributed by atoms with Crippen molar-refractivity contribution in [2.75, 3.05) is 0 Å². The molecule has 0 radical (unpaired) electrons. The van der Waals surface area contributed by atoms with E-state index in [1.165, 1.54) is 0 Å². The van der Waals surface area contributed by atoms with E-state index >= 15 is 0 Å². The molecule has 0 heterocycles. The first-order chi connectivity index (χ1) is 12.5. The molecular formula is C20H12Cl2N4. The maximum atomic E-state index is 9.85. The summed E-state index contributed by atoms with van der Waals surface area (Å²) in [7, 11) is 0. The Balaban J connectivity index is 2.29. The van der Waals surface area contributed by atoms with E-state index in [2.05, 4.69) is 18.2 Å². The van der Waals surface area contributed by atoms with Crippen LogP contribution in [0, 0.1) is 39.4 Å². The van der Waals surface area contributed by atoms with E-state index < -0.39 is 17.3 Å². The second-order valence-corrected chi connectivity index (χ2v) is 6.90. The number of halogens is 2. The van der Waals surface area contributed by atoms with Crippen LogP contribution >= 0.6 is 23.2 Å². The molecule has 126 valence electrons. The van der Waals surface area contributed by atoms with Crippen LogP contribution in [0.25, 0.3) is 0 Å². The molecule has 0 bridgehead atoms. The number of nitriles is 3. The van der Waals surface area contributed by atoms with Gasteiger partial charge in [0.25, 0.3) is 0 Å². The van der Waals surface area contributed by atoms with Gasteiger partial charge in [-0.3, -0.25) is 0 Å². The number of allylic oxidation sites excluding steroid dienone is 2. The third-order valence-electron chi connectivity index (χ3n) is 4.76. The van der Waals surface area contributed by atoms with Crippen molar-refractivity contribution in [1.29, 1.82) is 15.8 Å². The molecule has 2 N–H and O–H groups in total. The average molecular weight is 379 g/mol. The molecule has 0 saturated carbocycles. The van der Waals surface area contributed by atoms with Crippen LogP contribution in [-0.4, -0.2) is 0 Å². The van der Waals surface area contributed by atoms with E-state index in [0.717, 1.165) is 5.56 Å². The normalized spacial score (nSPS) is 20.9. The molecule has 3 rings (SSSR count). The lowest BCUT2D eigenvalue weighted by molar-refractivity contribution is 0.475. The van der Waals surface area contributed by atoms with Gasteiger partial charge in [-0.15, -0.1) is 0 Å². The van der Waals surface area contributed by atoms with Crippen molar-refractivity contribution in [3.63, 3.8) is 0 Å². The summed E-state index contributed by atoms with van der Waals surface area (Å²) in [4.78, 5) is 0. The van der Waals surface area contributed by atoms with Crippen molar-refractivity contribution in [2.45, 2.75) is 11.8 Å². The summed E-state index contributed by atoms with van der Waals surface area (Å²) in [5.74, 6) is -1.16. The highest BCUT2D eigenvalue weighted by Gasteiger charge is 2.55. The van der Waals surface area contributed by atoms with E-state index in [4.69, 9.17) is 28.9 Å². The Morgan fingerprint density at radius 2 is 1.27 bits per heavy atom. The molecule has 0 aromatic heterocycles. The first-order valence-electron chi connectivity index (χ1n) is 7.72. The Morgan fingerprint density at radius 1 is 0.808 bits per heavy atom. The molecule has 0 saturated heterocycles. The van der Waals surface area contributed by atoms with Crippen LogP contribution in [0.1, 0.15) is 23.0 Å². The second-order valence-electron chi connectivity index (χ2n) is 6.03. The number of hydrogen-bond donors (Lipinski definition) is 1. The van der Waals surface area contributed by atoms with Gasteiger partial charge < -0.3 is 5.73 Å². The van der Waals surface area contributed by atoms with Gasteiger partial charge in [0.05, 0.1) is 29.5 Å². The quantitative estimate of drug-likeness (QED) is 0.822. The summed E-state index contributed by atoms with van der Waals surface area (Å²) >= 11 is 12.0. The first kappa shape index (κ1) is 17.8. The highest BCUT2D eigenvalue weighted by Crippen LogP contribution is 2.57. The monoisotopic (exact) mass is 378 g/mol. The van der Waals surface area contributed by atoms with Gasteiger partial charge in [-0.25, -0.2) is 0 Å². The zero-order valence-electron chi connectivity index (χ0n) is 13.4. The summed E-state index contributed by atoms with van der Waals surface area (Å²) < 4.78 is 0. The molecule has 2 atom stereocenters. The van der Waals surface area contributed by atoms with Gasteiger partial charge in [0, 0.05) is 21.9 Å². The van der Waals surface area contributed by atoms with E-state index in [-0.39, 0.29) is 11.3 Å². The van der Waals surface area contributed by atoms with Crippen LogP contribution in [0.15, 0.2) is 59.8 Å². The maximum Gasteiger partial charge on any atom is 0.191 e. The zero-order valence-corrected chi connectivity index (χ0v) is 15.0. The highest BCUT2D eigenvalue weighted by molar-refractivity contribution is 6.30. The Morgan fingerprint density at radius 3 is 1.69 bits per heavy atom. The maximum absolute atomic E-state index is 9.85. The average Bonchev–Trinajstić information content (AvgIpc) is 2.91. The lowest BCUT2D eigenvalue weighted by Gasteiger charge is -2.28. The number of nitrogens with zero attached hydrogens (tertiary/aromatic N) is 3. The fourth-order valence-corrected chi connectivity index (χ4v) is 3.77. The fourth-order valence-electron chi connectivity index (χ4n) is 3.52. The van der Waals surface area contributed by atoms with Gasteiger partial charge in [0.1, 0.15) is 0 Å². The van der Waals surface area contributed by atoms with Crippen LogP contribution in [0.3, 0.4) is 0 Å². The first-order valence-corrected chi connectivity index (χ1v) is 8.47. The third-order valence-corrected chi connectivity index (χ3v) is 5.26. The lowest BCUT2D eigenvalue weighted by Crippen LogP contribution is -2.29. The van der Waals surface area contributed by atoms with Crippen molar-refractivity contribution in [1.82, 2.24) is 0 Å². The summed E-state index contributed by atoms with van der Waals surface area (Å²) in [6, 6.07) is 20.1. The summed E-state index contributed by atoms with van der Waals surface area (Å²) in [5.41, 5.74) is 6.24. The minimum atomic E-state index is -1.64. The third kappa shape index (κ3) is 2.59. The minimum Gasteiger partial charge on any atom is -0.399 e. The van der Waals surface area contributed by atoms with Crippen LogP contribution < -0.4 is 5.73 Å². The van der Waals surface area contributed by atoms with Gasteiger partial charge in [-0.1, -0.05) is 47.5 Å². The van der Waals surface area contributed by atoms with Crippen LogP contribution in [0.5, 0.6) is 0 Å². The molecule has 0 amide bonds. The molecule has 0 unspecified atom stereocenters. The summed E-state index contributed by atoms with van der Waals surface area (Å²) in [6.45, 7) is 0. The van der Waals surface area contributed by atoms with E-state index in [0.29, 0.717) is 15.6 Å². The molecule has 0 aliphatic heterocycles. The predicted octanol–water partition coefficient (Wildman–Crippen LogP) is 4.64. The molecule has 2 aromatic carbocycles. The summed E-state index contributed by atoms with van der Waals surface area (Å²) in [6.07, 6.45) is 0. The molecular weight excluding hydrogens is 367 g/mol. The highest BCUT2D eigenvalue weighted by atomic mass is 35.5. The van der Waals surface area contributed by atoms with Crippen LogP contribution in [0.4, 0.5) is 0 Å². The Bertz CT molecular complexity index is 988. The van der Waals surface area contributed by atoms with E-state index in [1.807, 2.05) is 0 Å². The summed E-state index contributed by atoms with van der Waals surface area (Å²) in [5, 5.41) is 30.5. The van der Waals surface area contributed by atoms with Crippen molar-refractivity contribution in [2.24, 2.45) is 11.1 Å². The SMILES string of the molecule is N#CC1=C(N)C(C#N)(C#N)[C@H](c2ccc(Cl)cc2)[C@@H]1c1ccc(Cl)cc1. The second kappa shape index (κ2) is 6.74.